The van der Waals surface area contributed by atoms with Crippen molar-refractivity contribution in [2.75, 3.05) is 0 Å². The number of nitriles is 1. The molecular formula is C23H22N4O5. The summed E-state index contributed by atoms with van der Waals surface area (Å²) in [6.07, 6.45) is 3.19. The van der Waals surface area contributed by atoms with E-state index in [0.29, 0.717) is 23.4 Å². The van der Waals surface area contributed by atoms with Gasteiger partial charge in [-0.05, 0) is 49.2 Å². The van der Waals surface area contributed by atoms with Crippen LogP contribution in [0.3, 0.4) is 0 Å². The predicted molar refractivity (Wildman–Crippen MR) is 116 cm³/mol. The highest BCUT2D eigenvalue weighted by atomic mass is 16.4. The second-order valence-electron chi connectivity index (χ2n) is 7.20. The summed E-state index contributed by atoms with van der Waals surface area (Å²) < 4.78 is 6.43. The monoisotopic (exact) mass is 434 g/mol. The number of carboxylic acid groups (broad SMARTS) is 1. The Bertz CT molecular complexity index is 1270. The second kappa shape index (κ2) is 9.75. The molecule has 0 amide bonds. The molecule has 1 aromatic carbocycles. The molecule has 0 radical (unpaired) electrons. The molecule has 0 atom stereocenters. The van der Waals surface area contributed by atoms with Gasteiger partial charge in [-0.3, -0.25) is 9.36 Å². The minimum Gasteiger partial charge on any atom is -0.493 e. The molecule has 0 saturated carbocycles. The maximum absolute atomic E-state index is 12.9. The summed E-state index contributed by atoms with van der Waals surface area (Å²) in [7, 11) is 0. The smallest absolute Gasteiger partial charge is 0.335 e. The molecule has 0 saturated heterocycles. The van der Waals surface area contributed by atoms with Crippen LogP contribution in [0, 0.1) is 18.3 Å². The number of unbranched alkanes of at least 4 members (excludes halogenated alkanes) is 1. The maximum atomic E-state index is 12.9. The van der Waals surface area contributed by atoms with Gasteiger partial charge in [0.25, 0.3) is 5.56 Å². The van der Waals surface area contributed by atoms with E-state index in [2.05, 4.69) is 10.2 Å². The highest BCUT2D eigenvalue weighted by molar-refractivity contribution is 5.90. The molecule has 32 heavy (non-hydrogen) atoms. The fourth-order valence-electron chi connectivity index (χ4n) is 3.29. The number of carboxylic acids is 1. The van der Waals surface area contributed by atoms with E-state index < -0.39 is 11.5 Å². The second-order valence-corrected chi connectivity index (χ2v) is 7.20. The van der Waals surface area contributed by atoms with Crippen LogP contribution in [0.15, 0.2) is 56.0 Å². The van der Waals surface area contributed by atoms with Gasteiger partial charge in [-0.2, -0.15) is 10.4 Å². The number of aromatic carboxylic acids is 1. The van der Waals surface area contributed by atoms with Crippen molar-refractivity contribution in [3.63, 3.8) is 0 Å². The first-order chi connectivity index (χ1) is 15.4. The zero-order valence-corrected chi connectivity index (χ0v) is 17.7. The third-order valence-electron chi connectivity index (χ3n) is 5.03. The van der Waals surface area contributed by atoms with Crippen molar-refractivity contribution in [3.05, 3.63) is 75.0 Å². The van der Waals surface area contributed by atoms with Gasteiger partial charge in [-0.15, -0.1) is 5.11 Å². The third kappa shape index (κ3) is 4.59. The first-order valence-electron chi connectivity index (χ1n) is 10.0. The fourth-order valence-corrected chi connectivity index (χ4v) is 3.29. The number of hydrogen-bond acceptors (Lipinski definition) is 7. The van der Waals surface area contributed by atoms with Crippen molar-refractivity contribution in [1.29, 1.82) is 5.26 Å². The van der Waals surface area contributed by atoms with Crippen LogP contribution in [0.5, 0.6) is 5.88 Å². The van der Waals surface area contributed by atoms with E-state index in [1.54, 1.807) is 18.2 Å². The molecule has 0 aliphatic heterocycles. The van der Waals surface area contributed by atoms with Gasteiger partial charge in [0, 0.05) is 18.5 Å². The van der Waals surface area contributed by atoms with E-state index in [0.717, 1.165) is 11.0 Å². The van der Waals surface area contributed by atoms with E-state index in [9.17, 15) is 25.1 Å². The minimum absolute atomic E-state index is 0.0330. The molecule has 2 heterocycles. The Labute approximate surface area is 183 Å². The summed E-state index contributed by atoms with van der Waals surface area (Å²) in [6.45, 7) is 3.72. The topological polar surface area (TPSA) is 141 Å². The molecule has 0 bridgehead atoms. The summed E-state index contributed by atoms with van der Waals surface area (Å²) >= 11 is 0. The van der Waals surface area contributed by atoms with Crippen LogP contribution >= 0.6 is 0 Å². The van der Waals surface area contributed by atoms with Crippen molar-refractivity contribution < 1.29 is 19.4 Å². The van der Waals surface area contributed by atoms with E-state index in [4.69, 9.17) is 4.42 Å². The van der Waals surface area contributed by atoms with Crippen molar-refractivity contribution in [1.82, 2.24) is 4.57 Å². The Hall–Kier alpha value is -4.19. The van der Waals surface area contributed by atoms with Crippen LogP contribution in [0.4, 0.5) is 11.4 Å². The van der Waals surface area contributed by atoms with Gasteiger partial charge in [0.1, 0.15) is 17.4 Å². The van der Waals surface area contributed by atoms with Crippen molar-refractivity contribution in [3.8, 4) is 11.9 Å². The van der Waals surface area contributed by atoms with Gasteiger partial charge in [-0.1, -0.05) is 13.3 Å². The van der Waals surface area contributed by atoms with Crippen LogP contribution in [0.2, 0.25) is 0 Å². The number of rotatable bonds is 8. The molecule has 0 aliphatic rings. The first-order valence-corrected chi connectivity index (χ1v) is 10.0. The number of aromatic nitrogens is 1. The van der Waals surface area contributed by atoms with Gasteiger partial charge in [0.2, 0.25) is 5.88 Å². The van der Waals surface area contributed by atoms with Crippen LogP contribution in [-0.2, 0) is 13.0 Å². The van der Waals surface area contributed by atoms with Crippen molar-refractivity contribution >= 4 is 17.3 Å². The average molecular weight is 434 g/mol. The normalized spacial score (nSPS) is 11.0. The molecule has 2 N–H and O–H groups in total. The molecule has 0 unspecified atom stereocenters. The molecule has 0 fully saturated rings. The van der Waals surface area contributed by atoms with Crippen molar-refractivity contribution in [2.24, 2.45) is 10.2 Å². The van der Waals surface area contributed by atoms with Gasteiger partial charge < -0.3 is 14.6 Å². The molecule has 3 aromatic rings. The molecular weight excluding hydrogens is 412 g/mol. The zero-order chi connectivity index (χ0) is 23.3. The molecule has 2 aromatic heterocycles. The quantitative estimate of drug-likeness (QED) is 0.486. The SMILES string of the molecule is CCCCn1c(O)c(C#N)c(C)c(N=Nc2ccc(C(=O)O)c(Cc3ccco3)c2)c1=O. The summed E-state index contributed by atoms with van der Waals surface area (Å²) in [5.74, 6) is -0.871. The number of nitrogens with zero attached hydrogens (tertiary/aromatic N) is 4. The number of furan rings is 1. The Morgan fingerprint density at radius 2 is 2.06 bits per heavy atom. The number of carbonyl (C=O) groups is 1. The lowest BCUT2D eigenvalue weighted by atomic mass is 10.0. The van der Waals surface area contributed by atoms with Gasteiger partial charge in [0.05, 0.1) is 17.5 Å². The van der Waals surface area contributed by atoms with Crippen LogP contribution in [0.1, 0.15) is 52.6 Å². The summed E-state index contributed by atoms with van der Waals surface area (Å²) in [4.78, 5) is 24.5. The number of hydrogen-bond donors (Lipinski definition) is 2. The Morgan fingerprint density at radius 3 is 2.69 bits per heavy atom. The number of pyridine rings is 1. The molecule has 3 rings (SSSR count). The Morgan fingerprint density at radius 1 is 1.28 bits per heavy atom. The number of azo groups is 1. The molecule has 0 aliphatic carbocycles. The van der Waals surface area contributed by atoms with Gasteiger partial charge >= 0.3 is 5.97 Å². The third-order valence-corrected chi connectivity index (χ3v) is 5.03. The standard InChI is InChI=1S/C23H22N4O5/c1-3-4-9-27-21(28)19(13-24)14(2)20(22(27)29)26-25-16-7-8-18(23(30)31)15(11-16)12-17-6-5-10-32-17/h5-8,10-11,28H,3-4,9,12H2,1-2H3,(H,30,31). The fraction of sp³-hybridized carbons (Fsp3) is 0.261. The molecule has 164 valence electrons. The lowest BCUT2D eigenvalue weighted by molar-refractivity contribution is 0.0696. The summed E-state index contributed by atoms with van der Waals surface area (Å²) in [6, 6.07) is 9.82. The Balaban J connectivity index is 2.04. The minimum atomic E-state index is -1.08. The number of aromatic hydroxyl groups is 1. The van der Waals surface area contributed by atoms with E-state index in [1.165, 1.54) is 25.3 Å². The summed E-state index contributed by atoms with van der Waals surface area (Å²) in [5.41, 5.74) is 0.514. The first kappa shape index (κ1) is 22.5. The predicted octanol–water partition coefficient (Wildman–Crippen LogP) is 4.83. The van der Waals surface area contributed by atoms with Crippen LogP contribution in [-0.4, -0.2) is 20.7 Å². The zero-order valence-electron chi connectivity index (χ0n) is 17.7. The molecule has 9 heteroatoms. The van der Waals surface area contributed by atoms with Crippen LogP contribution < -0.4 is 5.56 Å². The highest BCUT2D eigenvalue weighted by Crippen LogP contribution is 2.28. The lowest BCUT2D eigenvalue weighted by Crippen LogP contribution is -2.22. The van der Waals surface area contributed by atoms with Gasteiger partial charge in [0.15, 0.2) is 5.69 Å². The lowest BCUT2D eigenvalue weighted by Gasteiger charge is -2.12. The molecule has 0 spiro atoms. The van der Waals surface area contributed by atoms with E-state index in [1.807, 2.05) is 13.0 Å². The average Bonchev–Trinajstić information content (AvgIpc) is 3.27. The highest BCUT2D eigenvalue weighted by Gasteiger charge is 2.19. The largest absolute Gasteiger partial charge is 0.493 e. The van der Waals surface area contributed by atoms with Gasteiger partial charge in [-0.25, -0.2) is 4.79 Å². The van der Waals surface area contributed by atoms with E-state index >= 15 is 0 Å². The maximum Gasteiger partial charge on any atom is 0.335 e. The van der Waals surface area contributed by atoms with Crippen LogP contribution in [0.25, 0.3) is 0 Å². The van der Waals surface area contributed by atoms with Crippen molar-refractivity contribution in [2.45, 2.75) is 39.7 Å². The Kier molecular flexibility index (Phi) is 6.85. The van der Waals surface area contributed by atoms with E-state index in [-0.39, 0.29) is 41.2 Å². The molecule has 9 nitrogen and oxygen atoms in total. The number of benzene rings is 1. The summed E-state index contributed by atoms with van der Waals surface area (Å²) in [5, 5.41) is 37.4.